The lowest BCUT2D eigenvalue weighted by Gasteiger charge is -2.07. The number of carbonyl (C=O) groups is 1. The van der Waals surface area contributed by atoms with Crippen LogP contribution in [0.2, 0.25) is 0 Å². The first kappa shape index (κ1) is 14.8. The molecule has 102 valence electrons. The van der Waals surface area contributed by atoms with Crippen molar-refractivity contribution in [2.24, 2.45) is 5.16 Å². The van der Waals surface area contributed by atoms with Crippen LogP contribution in [0.25, 0.3) is 0 Å². The first-order valence-corrected chi connectivity index (χ1v) is 6.03. The van der Waals surface area contributed by atoms with Gasteiger partial charge in [0.1, 0.15) is 5.75 Å². The van der Waals surface area contributed by atoms with E-state index < -0.39 is 0 Å². The summed E-state index contributed by atoms with van der Waals surface area (Å²) in [5.74, 6) is 0.390. The first-order chi connectivity index (χ1) is 9.21. The summed E-state index contributed by atoms with van der Waals surface area (Å²) in [5, 5.41) is 14.6. The number of rotatable bonds is 7. The van der Waals surface area contributed by atoms with Gasteiger partial charge in [-0.15, -0.1) is 6.58 Å². The first-order valence-electron chi connectivity index (χ1n) is 6.03. The predicted molar refractivity (Wildman–Crippen MR) is 73.8 cm³/mol. The van der Waals surface area contributed by atoms with Crippen LogP contribution in [-0.4, -0.2) is 30.0 Å². The molecule has 1 aromatic carbocycles. The summed E-state index contributed by atoms with van der Waals surface area (Å²) in [5.41, 5.74) is 1.43. The zero-order chi connectivity index (χ0) is 14.1. The summed E-state index contributed by atoms with van der Waals surface area (Å²) in [7, 11) is 0. The van der Waals surface area contributed by atoms with Gasteiger partial charge in [-0.3, -0.25) is 4.79 Å². The van der Waals surface area contributed by atoms with Crippen molar-refractivity contribution in [3.63, 3.8) is 0 Å². The number of oxime groups is 1. The maximum absolute atomic E-state index is 11.3. The molecule has 0 saturated carbocycles. The quantitative estimate of drug-likeness (QED) is 0.341. The number of nitrogens with zero attached hydrogens (tertiary/aromatic N) is 1. The molecular formula is C14H18N2O3. The average Bonchev–Trinajstić information content (AvgIpc) is 2.45. The fraction of sp³-hybridized carbons (Fsp3) is 0.286. The summed E-state index contributed by atoms with van der Waals surface area (Å²) in [6.45, 7) is 5.80. The zero-order valence-corrected chi connectivity index (χ0v) is 10.9. The van der Waals surface area contributed by atoms with Crippen molar-refractivity contribution in [1.29, 1.82) is 0 Å². The van der Waals surface area contributed by atoms with E-state index in [9.17, 15) is 4.79 Å². The number of nitrogens with one attached hydrogen (secondary N) is 1. The Morgan fingerprint density at radius 2 is 2.16 bits per heavy atom. The Balaban J connectivity index is 2.53. The molecule has 0 aliphatic heterocycles. The van der Waals surface area contributed by atoms with E-state index in [-0.39, 0.29) is 12.5 Å². The topological polar surface area (TPSA) is 70.9 Å². The van der Waals surface area contributed by atoms with Gasteiger partial charge in [0, 0.05) is 6.54 Å². The third-order valence-electron chi connectivity index (χ3n) is 2.46. The molecule has 1 amide bonds. The van der Waals surface area contributed by atoms with Gasteiger partial charge in [-0.05, 0) is 36.2 Å². The molecular weight excluding hydrogens is 244 g/mol. The molecule has 0 radical (unpaired) electrons. The van der Waals surface area contributed by atoms with Crippen molar-refractivity contribution < 1.29 is 14.7 Å². The second-order valence-electron chi connectivity index (χ2n) is 3.81. The minimum atomic E-state index is -0.199. The molecule has 0 atom stereocenters. The normalized spacial score (nSPS) is 10.9. The Morgan fingerprint density at radius 3 is 2.68 bits per heavy atom. The lowest BCUT2D eigenvalue weighted by Crippen LogP contribution is -2.28. The van der Waals surface area contributed by atoms with E-state index in [1.54, 1.807) is 30.3 Å². The smallest absolute Gasteiger partial charge is 0.258 e. The molecule has 0 aliphatic carbocycles. The van der Waals surface area contributed by atoms with Gasteiger partial charge in [-0.1, -0.05) is 18.2 Å². The van der Waals surface area contributed by atoms with Crippen molar-refractivity contribution in [3.05, 3.63) is 42.5 Å². The molecule has 0 fully saturated rings. The third-order valence-corrected chi connectivity index (χ3v) is 2.46. The second-order valence-corrected chi connectivity index (χ2v) is 3.81. The van der Waals surface area contributed by atoms with Crippen LogP contribution < -0.4 is 10.1 Å². The highest BCUT2D eigenvalue weighted by Gasteiger charge is 2.04. The number of hydrogen-bond donors (Lipinski definition) is 2. The SMILES string of the molecule is C=CCNC(=O)COc1ccc(/C(CC)=N/O)cc1. The van der Waals surface area contributed by atoms with Gasteiger partial charge >= 0.3 is 0 Å². The Hall–Kier alpha value is -2.30. The molecule has 2 N–H and O–H groups in total. The lowest BCUT2D eigenvalue weighted by atomic mass is 10.1. The molecule has 0 spiro atoms. The highest BCUT2D eigenvalue weighted by molar-refractivity contribution is 6.00. The van der Waals surface area contributed by atoms with Crippen LogP contribution in [0.4, 0.5) is 0 Å². The van der Waals surface area contributed by atoms with E-state index >= 15 is 0 Å². The van der Waals surface area contributed by atoms with Crippen LogP contribution in [0, 0.1) is 0 Å². The highest BCUT2D eigenvalue weighted by Crippen LogP contribution is 2.13. The Labute approximate surface area is 112 Å². The number of ether oxygens (including phenoxy) is 1. The molecule has 1 aromatic rings. The highest BCUT2D eigenvalue weighted by atomic mass is 16.5. The van der Waals surface area contributed by atoms with Gasteiger partial charge in [0.05, 0.1) is 5.71 Å². The summed E-state index contributed by atoms with van der Waals surface area (Å²) < 4.78 is 5.32. The Morgan fingerprint density at radius 1 is 1.47 bits per heavy atom. The summed E-state index contributed by atoms with van der Waals surface area (Å²) in [6, 6.07) is 7.04. The molecule has 5 heteroatoms. The summed E-state index contributed by atoms with van der Waals surface area (Å²) in [6.07, 6.45) is 2.24. The maximum Gasteiger partial charge on any atom is 0.258 e. The van der Waals surface area contributed by atoms with Crippen molar-refractivity contribution in [2.75, 3.05) is 13.2 Å². The van der Waals surface area contributed by atoms with Gasteiger partial charge in [-0.25, -0.2) is 0 Å². The van der Waals surface area contributed by atoms with Crippen LogP contribution in [0.1, 0.15) is 18.9 Å². The molecule has 1 rings (SSSR count). The van der Waals surface area contributed by atoms with Crippen LogP contribution >= 0.6 is 0 Å². The van der Waals surface area contributed by atoms with Gasteiger partial charge in [0.2, 0.25) is 0 Å². The molecule has 5 nitrogen and oxygen atoms in total. The van der Waals surface area contributed by atoms with E-state index in [0.29, 0.717) is 24.4 Å². The van der Waals surface area contributed by atoms with E-state index in [0.717, 1.165) is 5.56 Å². The molecule has 0 heterocycles. The molecule has 0 bridgehead atoms. The van der Waals surface area contributed by atoms with Gasteiger partial charge < -0.3 is 15.3 Å². The number of carbonyl (C=O) groups excluding carboxylic acids is 1. The Bertz CT molecular complexity index is 452. The lowest BCUT2D eigenvalue weighted by molar-refractivity contribution is -0.122. The van der Waals surface area contributed by atoms with E-state index in [1.165, 1.54) is 0 Å². The fourth-order valence-corrected chi connectivity index (χ4v) is 1.46. The van der Waals surface area contributed by atoms with E-state index in [2.05, 4.69) is 17.1 Å². The summed E-state index contributed by atoms with van der Waals surface area (Å²) >= 11 is 0. The minimum Gasteiger partial charge on any atom is -0.484 e. The third kappa shape index (κ3) is 4.83. The Kier molecular flexibility index (Phi) is 6.15. The minimum absolute atomic E-state index is 0.0398. The van der Waals surface area contributed by atoms with E-state index in [1.807, 2.05) is 6.92 Å². The largest absolute Gasteiger partial charge is 0.484 e. The standard InChI is InChI=1S/C14H18N2O3/c1-3-9-15-14(17)10-19-12-7-5-11(6-8-12)13(4-2)16-18/h3,5-8,18H,1,4,9-10H2,2H3,(H,15,17)/b16-13+. The van der Waals surface area contributed by atoms with Gasteiger partial charge in [0.15, 0.2) is 6.61 Å². The molecule has 0 aromatic heterocycles. The predicted octanol–water partition coefficient (Wildman–Crippen LogP) is 1.96. The van der Waals surface area contributed by atoms with E-state index in [4.69, 9.17) is 9.94 Å². The van der Waals surface area contributed by atoms with Crippen molar-refractivity contribution in [3.8, 4) is 5.75 Å². The number of amides is 1. The fourth-order valence-electron chi connectivity index (χ4n) is 1.46. The van der Waals surface area contributed by atoms with Gasteiger partial charge in [0.25, 0.3) is 5.91 Å². The number of benzene rings is 1. The van der Waals surface area contributed by atoms with Crippen molar-refractivity contribution >= 4 is 11.6 Å². The van der Waals surface area contributed by atoms with Crippen LogP contribution in [0.5, 0.6) is 5.75 Å². The second kappa shape index (κ2) is 7.92. The molecule has 0 unspecified atom stereocenters. The monoisotopic (exact) mass is 262 g/mol. The molecule has 19 heavy (non-hydrogen) atoms. The maximum atomic E-state index is 11.3. The van der Waals surface area contributed by atoms with Gasteiger partial charge in [-0.2, -0.15) is 0 Å². The van der Waals surface area contributed by atoms with Crippen LogP contribution in [-0.2, 0) is 4.79 Å². The number of hydrogen-bond acceptors (Lipinski definition) is 4. The zero-order valence-electron chi connectivity index (χ0n) is 10.9. The average molecular weight is 262 g/mol. The van der Waals surface area contributed by atoms with Crippen molar-refractivity contribution in [2.45, 2.75) is 13.3 Å². The van der Waals surface area contributed by atoms with Crippen LogP contribution in [0.3, 0.4) is 0 Å². The summed E-state index contributed by atoms with van der Waals surface area (Å²) in [4.78, 5) is 11.3. The van der Waals surface area contributed by atoms with Crippen molar-refractivity contribution in [1.82, 2.24) is 5.32 Å². The molecule has 0 saturated heterocycles. The molecule has 0 aliphatic rings. The van der Waals surface area contributed by atoms with Crippen LogP contribution in [0.15, 0.2) is 42.1 Å².